The molecule has 30 heavy (non-hydrogen) atoms. The molecule has 0 aromatic heterocycles. The minimum absolute atomic E-state index is 0.0525. The van der Waals surface area contributed by atoms with E-state index in [1.807, 2.05) is 0 Å². The summed E-state index contributed by atoms with van der Waals surface area (Å²) in [6.45, 7) is 4.57. The van der Waals surface area contributed by atoms with Gasteiger partial charge in [-0.3, -0.25) is 4.90 Å². The summed E-state index contributed by atoms with van der Waals surface area (Å²) in [5.41, 5.74) is 0.320. The SMILES string of the molecule is OCC1=CC2(O)CC/C=C\CCCCN3CCC1C1(CC4/C=C\CCCCN4C21)C3. The van der Waals surface area contributed by atoms with E-state index < -0.39 is 5.60 Å². The third kappa shape index (κ3) is 3.54. The highest BCUT2D eigenvalue weighted by Gasteiger charge is 2.65. The first-order valence-electron chi connectivity index (χ1n) is 12.5. The van der Waals surface area contributed by atoms with Gasteiger partial charge in [-0.1, -0.05) is 24.3 Å². The van der Waals surface area contributed by atoms with Gasteiger partial charge < -0.3 is 15.1 Å². The van der Waals surface area contributed by atoms with E-state index in [2.05, 4.69) is 40.2 Å². The summed E-state index contributed by atoms with van der Waals surface area (Å²) in [4.78, 5) is 5.37. The molecule has 4 heterocycles. The average molecular weight is 413 g/mol. The van der Waals surface area contributed by atoms with Gasteiger partial charge in [-0.25, -0.2) is 0 Å². The lowest BCUT2D eigenvalue weighted by molar-refractivity contribution is -0.0985. The Balaban J connectivity index is 1.62. The molecule has 0 aromatic carbocycles. The Morgan fingerprint density at radius 1 is 0.967 bits per heavy atom. The predicted molar refractivity (Wildman–Crippen MR) is 121 cm³/mol. The fraction of sp³-hybridized carbons (Fsp3) is 0.769. The zero-order chi connectivity index (χ0) is 20.6. The number of piperidine rings is 1. The largest absolute Gasteiger partial charge is 0.392 e. The summed E-state index contributed by atoms with van der Waals surface area (Å²) in [5.74, 6) is 0.409. The maximum absolute atomic E-state index is 12.2. The minimum atomic E-state index is -0.849. The van der Waals surface area contributed by atoms with Crippen LogP contribution in [0.5, 0.6) is 0 Å². The molecular weight excluding hydrogens is 372 g/mol. The molecule has 1 spiro atoms. The summed E-state index contributed by atoms with van der Waals surface area (Å²) < 4.78 is 0. The molecule has 5 aliphatic rings. The molecular formula is C26H40N2O2. The Morgan fingerprint density at radius 2 is 1.77 bits per heavy atom. The fourth-order valence-corrected chi connectivity index (χ4v) is 7.66. The molecule has 0 amide bonds. The highest BCUT2D eigenvalue weighted by atomic mass is 16.3. The van der Waals surface area contributed by atoms with E-state index in [0.29, 0.717) is 12.0 Å². The molecule has 2 N–H and O–H groups in total. The number of hydrogen-bond donors (Lipinski definition) is 2. The molecule has 4 heteroatoms. The van der Waals surface area contributed by atoms with E-state index in [0.717, 1.165) is 57.3 Å². The molecule has 0 saturated carbocycles. The molecule has 2 fully saturated rings. The standard InChI is InChI=1S/C26H40N2O2/c29-19-21-17-26(30)13-8-4-1-2-5-9-14-27-16-12-23(21)25(20-27)18-22-11-7-3-6-10-15-28(22)24(25)26/h1,4,7,11,17,22-24,29-30H,2-3,5-6,8-10,12-16,18-20H2/b4-1-,11-7-. The Morgan fingerprint density at radius 3 is 2.63 bits per heavy atom. The number of aliphatic hydroxyl groups is 2. The first kappa shape index (κ1) is 20.9. The van der Waals surface area contributed by atoms with Crippen molar-refractivity contribution in [3.8, 4) is 0 Å². The van der Waals surface area contributed by atoms with Crippen molar-refractivity contribution < 1.29 is 10.2 Å². The normalized spacial score (nSPS) is 46.8. The van der Waals surface area contributed by atoms with E-state index in [9.17, 15) is 10.2 Å². The summed E-state index contributed by atoms with van der Waals surface area (Å²) in [6.07, 6.45) is 22.8. The maximum atomic E-state index is 12.2. The van der Waals surface area contributed by atoms with Gasteiger partial charge in [0.2, 0.25) is 0 Å². The number of aliphatic hydroxyl groups excluding tert-OH is 1. The van der Waals surface area contributed by atoms with Gasteiger partial charge in [0, 0.05) is 18.0 Å². The maximum Gasteiger partial charge on any atom is 0.0995 e. The Labute approximate surface area is 182 Å². The van der Waals surface area contributed by atoms with Crippen LogP contribution in [-0.2, 0) is 0 Å². The van der Waals surface area contributed by atoms with Gasteiger partial charge in [-0.2, -0.15) is 0 Å². The second-order valence-corrected chi connectivity index (χ2v) is 10.6. The number of hydrogen-bond acceptors (Lipinski definition) is 4. The van der Waals surface area contributed by atoms with Crippen LogP contribution >= 0.6 is 0 Å². The highest BCUT2D eigenvalue weighted by molar-refractivity contribution is 5.34. The average Bonchev–Trinajstić information content (AvgIpc) is 3.01. The van der Waals surface area contributed by atoms with Crippen molar-refractivity contribution in [3.05, 3.63) is 36.0 Å². The van der Waals surface area contributed by atoms with E-state index in [4.69, 9.17) is 0 Å². The van der Waals surface area contributed by atoms with Gasteiger partial charge >= 0.3 is 0 Å². The summed E-state index contributed by atoms with van der Waals surface area (Å²) >= 11 is 0. The lowest BCUT2D eigenvalue weighted by Gasteiger charge is -2.58. The molecule has 2 saturated heterocycles. The molecule has 6 unspecified atom stereocenters. The van der Waals surface area contributed by atoms with Crippen molar-refractivity contribution in [2.24, 2.45) is 11.3 Å². The number of rotatable bonds is 1. The number of allylic oxidation sites excluding steroid dienone is 3. The zero-order valence-corrected chi connectivity index (χ0v) is 18.5. The first-order valence-corrected chi connectivity index (χ1v) is 12.5. The summed E-state index contributed by atoms with van der Waals surface area (Å²) in [6, 6.07) is 0.592. The molecule has 4 nitrogen and oxygen atoms in total. The smallest absolute Gasteiger partial charge is 0.0995 e. The van der Waals surface area contributed by atoms with Crippen LogP contribution in [0.15, 0.2) is 36.0 Å². The zero-order valence-electron chi connectivity index (χ0n) is 18.5. The van der Waals surface area contributed by atoms with Crippen molar-refractivity contribution >= 4 is 0 Å². The van der Waals surface area contributed by atoms with Crippen molar-refractivity contribution in [1.29, 1.82) is 0 Å². The van der Waals surface area contributed by atoms with Crippen LogP contribution < -0.4 is 0 Å². The van der Waals surface area contributed by atoms with Crippen LogP contribution in [0, 0.1) is 11.3 Å². The highest BCUT2D eigenvalue weighted by Crippen LogP contribution is 2.59. The van der Waals surface area contributed by atoms with Crippen molar-refractivity contribution in [1.82, 2.24) is 9.80 Å². The monoisotopic (exact) mass is 412 g/mol. The van der Waals surface area contributed by atoms with Crippen molar-refractivity contribution in [2.45, 2.75) is 81.9 Å². The Bertz CT molecular complexity index is 716. The predicted octanol–water partition coefficient (Wildman–Crippen LogP) is 3.66. The molecule has 4 aliphatic heterocycles. The summed E-state index contributed by atoms with van der Waals surface area (Å²) in [5, 5.41) is 22.6. The van der Waals surface area contributed by atoms with Gasteiger partial charge in [0.1, 0.15) is 0 Å². The molecule has 0 aromatic rings. The van der Waals surface area contributed by atoms with E-state index in [1.165, 1.54) is 38.6 Å². The molecule has 5 rings (SSSR count). The molecule has 0 radical (unpaired) electrons. The van der Waals surface area contributed by atoms with Gasteiger partial charge in [-0.05, 0) is 101 Å². The first-order chi connectivity index (χ1) is 14.7. The Kier molecular flexibility index (Phi) is 5.96. The van der Waals surface area contributed by atoms with Gasteiger partial charge in [0.15, 0.2) is 0 Å². The third-order valence-corrected chi connectivity index (χ3v) is 8.74. The third-order valence-electron chi connectivity index (χ3n) is 8.74. The van der Waals surface area contributed by atoms with Crippen LogP contribution in [0.4, 0.5) is 0 Å². The van der Waals surface area contributed by atoms with Crippen LogP contribution in [0.3, 0.4) is 0 Å². The van der Waals surface area contributed by atoms with E-state index >= 15 is 0 Å². The van der Waals surface area contributed by atoms with Crippen LogP contribution in [0.1, 0.15) is 64.2 Å². The molecule has 1 aliphatic carbocycles. The molecule has 3 bridgehead atoms. The van der Waals surface area contributed by atoms with Crippen molar-refractivity contribution in [2.75, 3.05) is 32.8 Å². The van der Waals surface area contributed by atoms with Crippen LogP contribution in [0.2, 0.25) is 0 Å². The van der Waals surface area contributed by atoms with Crippen LogP contribution in [-0.4, -0.2) is 70.5 Å². The second kappa shape index (κ2) is 8.54. The molecule has 166 valence electrons. The Hall–Kier alpha value is -0.940. The van der Waals surface area contributed by atoms with Gasteiger partial charge in [0.25, 0.3) is 0 Å². The summed E-state index contributed by atoms with van der Waals surface area (Å²) in [7, 11) is 0. The fourth-order valence-electron chi connectivity index (χ4n) is 7.66. The van der Waals surface area contributed by atoms with Gasteiger partial charge in [-0.15, -0.1) is 0 Å². The van der Waals surface area contributed by atoms with Crippen LogP contribution in [0.25, 0.3) is 0 Å². The van der Waals surface area contributed by atoms with Gasteiger partial charge in [0.05, 0.1) is 18.2 Å². The lowest BCUT2D eigenvalue weighted by Crippen LogP contribution is -2.66. The number of nitrogens with zero attached hydrogens (tertiary/aromatic N) is 2. The number of fused-ring (bicyclic) bond motifs is 2. The molecule has 6 atom stereocenters. The van der Waals surface area contributed by atoms with E-state index in [1.54, 1.807) is 0 Å². The second-order valence-electron chi connectivity index (χ2n) is 10.6. The lowest BCUT2D eigenvalue weighted by atomic mass is 9.55. The minimum Gasteiger partial charge on any atom is -0.392 e. The quantitative estimate of drug-likeness (QED) is 0.645. The van der Waals surface area contributed by atoms with E-state index in [-0.39, 0.29) is 18.1 Å². The van der Waals surface area contributed by atoms with Crippen molar-refractivity contribution in [3.63, 3.8) is 0 Å². The topological polar surface area (TPSA) is 46.9 Å².